The molecule has 3 aromatic heterocycles. The van der Waals surface area contributed by atoms with E-state index in [1.165, 1.54) is 28.9 Å². The Labute approximate surface area is 204 Å². The van der Waals surface area contributed by atoms with Crippen molar-refractivity contribution >= 4 is 45.2 Å². The van der Waals surface area contributed by atoms with Crippen molar-refractivity contribution in [1.29, 1.82) is 0 Å². The number of fused-ring (bicyclic) bond motifs is 1. The van der Waals surface area contributed by atoms with E-state index in [2.05, 4.69) is 15.4 Å². The van der Waals surface area contributed by atoms with Gasteiger partial charge in [0.2, 0.25) is 5.91 Å². The molecule has 35 heavy (non-hydrogen) atoms. The van der Waals surface area contributed by atoms with Crippen molar-refractivity contribution < 1.29 is 28.6 Å². The van der Waals surface area contributed by atoms with E-state index < -0.39 is 29.4 Å². The van der Waals surface area contributed by atoms with Crippen LogP contribution in [-0.4, -0.2) is 64.1 Å². The normalized spacial score (nSPS) is 11.9. The Bertz CT molecular complexity index is 1310. The number of ether oxygens (including phenoxy) is 3. The highest BCUT2D eigenvalue weighted by Crippen LogP contribution is 2.28. The lowest BCUT2D eigenvalue weighted by Gasteiger charge is -2.18. The fourth-order valence-electron chi connectivity index (χ4n) is 3.49. The molecule has 0 bridgehead atoms. The van der Waals surface area contributed by atoms with Crippen LogP contribution in [0.2, 0.25) is 0 Å². The number of aromatic nitrogens is 4. The molecule has 1 atom stereocenters. The number of anilines is 1. The molecule has 0 saturated heterocycles. The molecular formula is C22H27N5O7S. The molecule has 0 aliphatic heterocycles. The Morgan fingerprint density at radius 3 is 2.57 bits per heavy atom. The summed E-state index contributed by atoms with van der Waals surface area (Å²) in [5, 5.41) is 6.94. The quantitative estimate of drug-likeness (QED) is 0.323. The maximum Gasteiger partial charge on any atom is 0.348 e. The molecule has 0 aliphatic rings. The van der Waals surface area contributed by atoms with Crippen LogP contribution < -0.4 is 10.9 Å². The Hall–Kier alpha value is -3.58. The van der Waals surface area contributed by atoms with E-state index in [0.717, 1.165) is 11.3 Å². The Morgan fingerprint density at radius 2 is 1.91 bits per heavy atom. The van der Waals surface area contributed by atoms with E-state index in [1.54, 1.807) is 27.8 Å². The predicted molar refractivity (Wildman–Crippen MR) is 128 cm³/mol. The molecular weight excluding hydrogens is 478 g/mol. The van der Waals surface area contributed by atoms with Gasteiger partial charge in [-0.1, -0.05) is 6.92 Å². The molecule has 3 aromatic rings. The van der Waals surface area contributed by atoms with Crippen LogP contribution in [0.15, 0.2) is 17.3 Å². The number of nitrogens with zero attached hydrogens (tertiary/aromatic N) is 4. The number of nitrogens with one attached hydrogen (secondary N) is 1. The van der Waals surface area contributed by atoms with Crippen molar-refractivity contribution in [2.24, 2.45) is 7.05 Å². The molecule has 1 amide bonds. The van der Waals surface area contributed by atoms with Gasteiger partial charge in [0.25, 0.3) is 5.56 Å². The number of amides is 1. The summed E-state index contributed by atoms with van der Waals surface area (Å²) in [5.74, 6) is -1.57. The molecule has 0 radical (unpaired) electrons. The van der Waals surface area contributed by atoms with Crippen molar-refractivity contribution in [3.63, 3.8) is 0 Å². The standard InChI is InChI=1S/C22H27N5O7S/c1-6-14(18(28)25-17-13(10-24-26(17)4)21(30)33-7-2)27-11-23-19-15(20(27)29)12(3)16(35-19)22(31)34-9-8-32-5/h10-11,14H,6-9H2,1-5H3,(H,25,28). The summed E-state index contributed by atoms with van der Waals surface area (Å²) in [6.07, 6.45) is 2.85. The zero-order valence-electron chi connectivity index (χ0n) is 20.1. The van der Waals surface area contributed by atoms with Gasteiger partial charge in [0.15, 0.2) is 0 Å². The first-order valence-corrected chi connectivity index (χ1v) is 11.7. The van der Waals surface area contributed by atoms with E-state index >= 15 is 0 Å². The minimum absolute atomic E-state index is 0.0839. The summed E-state index contributed by atoms with van der Waals surface area (Å²) < 4.78 is 17.6. The van der Waals surface area contributed by atoms with E-state index in [4.69, 9.17) is 14.2 Å². The average Bonchev–Trinajstić information content (AvgIpc) is 3.36. The summed E-state index contributed by atoms with van der Waals surface area (Å²) in [4.78, 5) is 56.2. The van der Waals surface area contributed by atoms with Crippen molar-refractivity contribution in [2.45, 2.75) is 33.2 Å². The van der Waals surface area contributed by atoms with E-state index in [1.807, 2.05) is 0 Å². The summed E-state index contributed by atoms with van der Waals surface area (Å²) in [6.45, 7) is 5.56. The zero-order valence-corrected chi connectivity index (χ0v) is 20.9. The van der Waals surface area contributed by atoms with Crippen LogP contribution in [0.1, 0.15) is 51.9 Å². The van der Waals surface area contributed by atoms with E-state index in [9.17, 15) is 19.2 Å². The Morgan fingerprint density at radius 1 is 1.17 bits per heavy atom. The summed E-state index contributed by atoms with van der Waals surface area (Å²) in [6, 6.07) is -0.930. The van der Waals surface area contributed by atoms with Gasteiger partial charge < -0.3 is 19.5 Å². The van der Waals surface area contributed by atoms with Crippen LogP contribution in [-0.2, 0) is 26.1 Å². The van der Waals surface area contributed by atoms with Crippen LogP contribution in [0.4, 0.5) is 5.82 Å². The largest absolute Gasteiger partial charge is 0.462 e. The molecule has 0 saturated carbocycles. The molecule has 0 fully saturated rings. The number of methoxy groups -OCH3 is 1. The second-order valence-electron chi connectivity index (χ2n) is 7.49. The summed E-state index contributed by atoms with van der Waals surface area (Å²) in [7, 11) is 3.07. The van der Waals surface area contributed by atoms with Gasteiger partial charge in [-0.05, 0) is 25.8 Å². The fraction of sp³-hybridized carbons (Fsp3) is 0.455. The fourth-order valence-corrected chi connectivity index (χ4v) is 4.52. The van der Waals surface area contributed by atoms with Gasteiger partial charge >= 0.3 is 11.9 Å². The first kappa shape index (κ1) is 26.0. The van der Waals surface area contributed by atoms with Crippen molar-refractivity contribution in [1.82, 2.24) is 19.3 Å². The predicted octanol–water partition coefficient (Wildman–Crippen LogP) is 2.07. The second kappa shape index (κ2) is 11.2. The van der Waals surface area contributed by atoms with Gasteiger partial charge in [0, 0.05) is 14.2 Å². The molecule has 13 heteroatoms. The lowest BCUT2D eigenvalue weighted by molar-refractivity contribution is -0.119. The first-order chi connectivity index (χ1) is 16.7. The van der Waals surface area contributed by atoms with Gasteiger partial charge in [-0.25, -0.2) is 14.6 Å². The van der Waals surface area contributed by atoms with Gasteiger partial charge in [-0.3, -0.25) is 18.8 Å². The minimum atomic E-state index is -0.930. The molecule has 188 valence electrons. The molecule has 3 rings (SSSR count). The highest BCUT2D eigenvalue weighted by atomic mass is 32.1. The number of carbonyl (C=O) groups excluding carboxylic acids is 3. The maximum atomic E-state index is 13.4. The van der Waals surface area contributed by atoms with Crippen LogP contribution in [0.3, 0.4) is 0 Å². The lowest BCUT2D eigenvalue weighted by Crippen LogP contribution is -2.34. The molecule has 3 heterocycles. The minimum Gasteiger partial charge on any atom is -0.462 e. The molecule has 0 spiro atoms. The van der Waals surface area contributed by atoms with Crippen LogP contribution >= 0.6 is 11.3 Å². The van der Waals surface area contributed by atoms with Gasteiger partial charge in [-0.15, -0.1) is 11.3 Å². The maximum absolute atomic E-state index is 13.4. The third-order valence-electron chi connectivity index (χ3n) is 5.28. The summed E-state index contributed by atoms with van der Waals surface area (Å²) in [5.41, 5.74) is 0.0758. The molecule has 12 nitrogen and oxygen atoms in total. The number of aryl methyl sites for hydroxylation is 2. The van der Waals surface area contributed by atoms with E-state index in [0.29, 0.717) is 10.4 Å². The van der Waals surface area contributed by atoms with Gasteiger partial charge in [-0.2, -0.15) is 5.10 Å². The monoisotopic (exact) mass is 505 g/mol. The third-order valence-corrected chi connectivity index (χ3v) is 6.46. The number of hydrogen-bond donors (Lipinski definition) is 1. The highest BCUT2D eigenvalue weighted by molar-refractivity contribution is 7.20. The summed E-state index contributed by atoms with van der Waals surface area (Å²) >= 11 is 1.05. The van der Waals surface area contributed by atoms with Crippen LogP contribution in [0, 0.1) is 6.92 Å². The SMILES string of the molecule is CCOC(=O)c1cnn(C)c1NC(=O)C(CC)n1cnc2sc(C(=O)OCCOC)c(C)c2c1=O. The molecule has 0 aromatic carbocycles. The van der Waals surface area contributed by atoms with Gasteiger partial charge in [0.1, 0.15) is 33.7 Å². The average molecular weight is 506 g/mol. The topological polar surface area (TPSA) is 144 Å². The van der Waals surface area contributed by atoms with Crippen molar-refractivity contribution in [3.05, 3.63) is 38.9 Å². The van der Waals surface area contributed by atoms with Crippen LogP contribution in [0.25, 0.3) is 10.2 Å². The van der Waals surface area contributed by atoms with Crippen LogP contribution in [0.5, 0.6) is 0 Å². The molecule has 1 unspecified atom stereocenters. The highest BCUT2D eigenvalue weighted by Gasteiger charge is 2.27. The first-order valence-electron chi connectivity index (χ1n) is 10.9. The number of hydrogen-bond acceptors (Lipinski definition) is 10. The molecule has 1 N–H and O–H groups in total. The third kappa shape index (κ3) is 5.25. The number of carbonyl (C=O) groups is 3. The van der Waals surface area contributed by atoms with Crippen molar-refractivity contribution in [2.75, 3.05) is 32.2 Å². The Balaban J connectivity index is 1.94. The second-order valence-corrected chi connectivity index (χ2v) is 8.49. The number of esters is 2. The number of rotatable bonds is 10. The number of thiophene rings is 1. The molecule has 0 aliphatic carbocycles. The lowest BCUT2D eigenvalue weighted by atomic mass is 10.1. The van der Waals surface area contributed by atoms with Crippen molar-refractivity contribution in [3.8, 4) is 0 Å². The zero-order chi connectivity index (χ0) is 25.7. The van der Waals surface area contributed by atoms with Gasteiger partial charge in [0.05, 0.1) is 31.1 Å². The Kier molecular flexibility index (Phi) is 8.35. The smallest absolute Gasteiger partial charge is 0.348 e. The van der Waals surface area contributed by atoms with E-state index in [-0.39, 0.29) is 47.9 Å².